The summed E-state index contributed by atoms with van der Waals surface area (Å²) in [4.78, 5) is 15.8. The molecular weight excluding hydrogens is 310 g/mol. The van der Waals surface area contributed by atoms with Crippen LogP contribution < -0.4 is 5.32 Å². The number of nitrogens with one attached hydrogen (secondary N) is 1. The predicted octanol–water partition coefficient (Wildman–Crippen LogP) is 4.58. The van der Waals surface area contributed by atoms with E-state index in [9.17, 15) is 4.79 Å². The topological polar surface area (TPSA) is 29.1 Å². The Morgan fingerprint density at radius 3 is 2.77 bits per heavy atom. The largest absolute Gasteiger partial charge is 0.348 e. The number of carbonyl (C=O) groups excluding carboxylic acids is 1. The van der Waals surface area contributed by atoms with E-state index in [-0.39, 0.29) is 5.91 Å². The fourth-order valence-electron chi connectivity index (χ4n) is 2.51. The molecule has 0 atom stereocenters. The van der Waals surface area contributed by atoms with Crippen LogP contribution in [0.4, 0.5) is 0 Å². The number of aryl methyl sites for hydroxylation is 2. The number of thiophene rings is 1. The molecule has 0 aliphatic carbocycles. The first-order chi connectivity index (χ1) is 10.6. The number of thioether (sulfide) groups is 1. The normalized spacial score (nSPS) is 13.5. The molecule has 4 heteroatoms. The molecule has 2 heterocycles. The average Bonchev–Trinajstić information content (AvgIpc) is 2.80. The first kappa shape index (κ1) is 15.4. The molecule has 0 bridgehead atoms. The summed E-state index contributed by atoms with van der Waals surface area (Å²) in [5, 5.41) is 3.04. The van der Waals surface area contributed by atoms with Crippen LogP contribution in [0.5, 0.6) is 0 Å². The van der Waals surface area contributed by atoms with Crippen molar-refractivity contribution in [1.29, 1.82) is 0 Å². The molecule has 0 spiro atoms. The van der Waals surface area contributed by atoms with Gasteiger partial charge in [-0.05, 0) is 49.1 Å². The molecule has 1 aliphatic rings. The Hall–Kier alpha value is -1.52. The average molecular weight is 329 g/mol. The zero-order valence-electron chi connectivity index (χ0n) is 13.0. The molecule has 0 unspecified atom stereocenters. The minimum Gasteiger partial charge on any atom is -0.348 e. The number of hydrogen-bond donors (Lipinski definition) is 1. The molecule has 1 N–H and O–H groups in total. The van der Waals surface area contributed by atoms with Crippen LogP contribution in [0, 0.1) is 20.8 Å². The van der Waals surface area contributed by atoms with Crippen LogP contribution in [0.2, 0.25) is 0 Å². The van der Waals surface area contributed by atoms with Crippen molar-refractivity contribution in [3.05, 3.63) is 61.2 Å². The standard InChI is InChI=1S/C18H19NOS2/c1-11-6-4-5-7-14(11)9-19-18(20)17-8-16-15(10-21-17)12(2)13(3)22-16/h4-8H,9-10H2,1-3H3,(H,19,20). The van der Waals surface area contributed by atoms with Crippen LogP contribution in [0.15, 0.2) is 29.2 Å². The van der Waals surface area contributed by atoms with Gasteiger partial charge in [-0.25, -0.2) is 0 Å². The van der Waals surface area contributed by atoms with Gasteiger partial charge >= 0.3 is 0 Å². The zero-order chi connectivity index (χ0) is 15.7. The molecule has 1 amide bonds. The van der Waals surface area contributed by atoms with Gasteiger partial charge in [-0.1, -0.05) is 24.3 Å². The lowest BCUT2D eigenvalue weighted by Crippen LogP contribution is -2.24. The Morgan fingerprint density at radius 2 is 2.00 bits per heavy atom. The third-order valence-corrected chi connectivity index (χ3v) is 6.34. The molecule has 0 fully saturated rings. The van der Waals surface area contributed by atoms with Gasteiger partial charge in [0.05, 0.1) is 4.91 Å². The van der Waals surface area contributed by atoms with Gasteiger partial charge in [-0.2, -0.15) is 0 Å². The van der Waals surface area contributed by atoms with Gasteiger partial charge in [0.2, 0.25) is 0 Å². The molecule has 0 saturated heterocycles. The molecule has 3 rings (SSSR count). The van der Waals surface area contributed by atoms with E-state index in [1.165, 1.54) is 32.0 Å². The Balaban J connectivity index is 1.72. The number of fused-ring (bicyclic) bond motifs is 1. The van der Waals surface area contributed by atoms with Gasteiger partial charge in [0.25, 0.3) is 5.91 Å². The maximum atomic E-state index is 12.4. The Kier molecular flexibility index (Phi) is 4.41. The van der Waals surface area contributed by atoms with Gasteiger partial charge in [0.1, 0.15) is 0 Å². The van der Waals surface area contributed by atoms with Crippen molar-refractivity contribution in [2.24, 2.45) is 0 Å². The molecule has 0 radical (unpaired) electrons. The number of hydrogen-bond acceptors (Lipinski definition) is 3. The smallest absolute Gasteiger partial charge is 0.258 e. The minimum absolute atomic E-state index is 0.0302. The quantitative estimate of drug-likeness (QED) is 0.893. The van der Waals surface area contributed by atoms with Gasteiger partial charge in [0.15, 0.2) is 0 Å². The summed E-state index contributed by atoms with van der Waals surface area (Å²) < 4.78 is 0. The van der Waals surface area contributed by atoms with Crippen LogP contribution in [0.3, 0.4) is 0 Å². The number of amides is 1. The van der Waals surface area contributed by atoms with Crippen LogP contribution in [-0.4, -0.2) is 5.91 Å². The van der Waals surface area contributed by atoms with Crippen molar-refractivity contribution in [3.8, 4) is 0 Å². The van der Waals surface area contributed by atoms with Crippen molar-refractivity contribution in [2.45, 2.75) is 33.1 Å². The van der Waals surface area contributed by atoms with E-state index in [0.717, 1.165) is 10.7 Å². The predicted molar refractivity (Wildman–Crippen MR) is 96.1 cm³/mol. The summed E-state index contributed by atoms with van der Waals surface area (Å²) in [5.74, 6) is 0.928. The van der Waals surface area contributed by atoms with Crippen LogP contribution >= 0.6 is 23.1 Å². The SMILES string of the molecule is Cc1ccccc1CNC(=O)C1=Cc2sc(C)c(C)c2CS1. The van der Waals surface area contributed by atoms with E-state index in [2.05, 4.69) is 38.2 Å². The van der Waals surface area contributed by atoms with E-state index in [1.54, 1.807) is 23.1 Å². The molecule has 114 valence electrons. The molecule has 2 nitrogen and oxygen atoms in total. The third-order valence-electron chi connectivity index (χ3n) is 4.10. The van der Waals surface area contributed by atoms with Crippen LogP contribution in [0.1, 0.15) is 32.0 Å². The van der Waals surface area contributed by atoms with E-state index in [0.29, 0.717) is 6.54 Å². The van der Waals surface area contributed by atoms with E-state index in [4.69, 9.17) is 0 Å². The van der Waals surface area contributed by atoms with Crippen LogP contribution in [-0.2, 0) is 17.1 Å². The fraction of sp³-hybridized carbons (Fsp3) is 0.278. The molecule has 0 saturated carbocycles. The number of carbonyl (C=O) groups is 1. The fourth-order valence-corrected chi connectivity index (χ4v) is 4.88. The van der Waals surface area contributed by atoms with Gasteiger partial charge < -0.3 is 5.32 Å². The van der Waals surface area contributed by atoms with Gasteiger partial charge in [-0.3, -0.25) is 4.79 Å². The Morgan fingerprint density at radius 1 is 1.23 bits per heavy atom. The first-order valence-corrected chi connectivity index (χ1v) is 9.12. The summed E-state index contributed by atoms with van der Waals surface area (Å²) in [6.45, 7) is 6.97. The second kappa shape index (κ2) is 6.31. The molecule has 1 aromatic heterocycles. The monoisotopic (exact) mass is 329 g/mol. The van der Waals surface area contributed by atoms with E-state index in [1.807, 2.05) is 18.2 Å². The van der Waals surface area contributed by atoms with Gasteiger partial charge in [-0.15, -0.1) is 23.1 Å². The van der Waals surface area contributed by atoms with E-state index >= 15 is 0 Å². The molecule has 1 aromatic carbocycles. The highest BCUT2D eigenvalue weighted by Gasteiger charge is 2.20. The summed E-state index contributed by atoms with van der Waals surface area (Å²) >= 11 is 3.42. The number of rotatable bonds is 3. The summed E-state index contributed by atoms with van der Waals surface area (Å²) in [5.41, 5.74) is 5.15. The maximum Gasteiger partial charge on any atom is 0.258 e. The molecular formula is C18H19NOS2. The zero-order valence-corrected chi connectivity index (χ0v) is 14.7. The highest BCUT2D eigenvalue weighted by molar-refractivity contribution is 8.03. The molecule has 2 aromatic rings. The summed E-state index contributed by atoms with van der Waals surface area (Å²) in [6, 6.07) is 8.15. The molecule has 1 aliphatic heterocycles. The van der Waals surface area contributed by atoms with Crippen molar-refractivity contribution in [1.82, 2.24) is 5.32 Å². The van der Waals surface area contributed by atoms with Crippen molar-refractivity contribution < 1.29 is 4.79 Å². The number of benzene rings is 1. The summed E-state index contributed by atoms with van der Waals surface area (Å²) in [6.07, 6.45) is 2.04. The second-order valence-electron chi connectivity index (χ2n) is 5.53. The third kappa shape index (κ3) is 2.99. The molecule has 22 heavy (non-hydrogen) atoms. The van der Waals surface area contributed by atoms with Crippen molar-refractivity contribution in [2.75, 3.05) is 0 Å². The van der Waals surface area contributed by atoms with Crippen LogP contribution in [0.25, 0.3) is 6.08 Å². The minimum atomic E-state index is 0.0302. The van der Waals surface area contributed by atoms with E-state index < -0.39 is 0 Å². The highest BCUT2D eigenvalue weighted by Crippen LogP contribution is 2.39. The highest BCUT2D eigenvalue weighted by atomic mass is 32.2. The Bertz CT molecular complexity index is 758. The Labute approximate surface area is 139 Å². The maximum absolute atomic E-state index is 12.4. The van der Waals surface area contributed by atoms with Gasteiger partial charge in [0, 0.05) is 22.1 Å². The summed E-state index contributed by atoms with van der Waals surface area (Å²) in [7, 11) is 0. The lowest BCUT2D eigenvalue weighted by Gasteiger charge is -2.14. The van der Waals surface area contributed by atoms with Crippen molar-refractivity contribution >= 4 is 35.1 Å². The lowest BCUT2D eigenvalue weighted by molar-refractivity contribution is -0.116. The van der Waals surface area contributed by atoms with Crippen molar-refractivity contribution in [3.63, 3.8) is 0 Å². The lowest BCUT2D eigenvalue weighted by atomic mass is 10.1. The first-order valence-electron chi connectivity index (χ1n) is 7.32. The second-order valence-corrected chi connectivity index (χ2v) is 7.81.